The molecule has 1 saturated carbocycles. The summed E-state index contributed by atoms with van der Waals surface area (Å²) < 4.78 is 0. The van der Waals surface area contributed by atoms with E-state index in [2.05, 4.69) is 24.5 Å². The summed E-state index contributed by atoms with van der Waals surface area (Å²) in [7, 11) is 0. The van der Waals surface area contributed by atoms with Crippen LogP contribution in [0.5, 0.6) is 0 Å². The molecule has 2 aromatic rings. The normalized spacial score (nSPS) is 17.2. The number of carboxylic acid groups (broad SMARTS) is 2. The van der Waals surface area contributed by atoms with Gasteiger partial charge >= 0.3 is 18.0 Å². The lowest BCUT2D eigenvalue weighted by atomic mass is 9.79. The van der Waals surface area contributed by atoms with E-state index >= 15 is 0 Å². The summed E-state index contributed by atoms with van der Waals surface area (Å²) in [4.78, 5) is 49.2. The Bertz CT molecular complexity index is 1090. The van der Waals surface area contributed by atoms with Gasteiger partial charge in [-0.2, -0.15) is 0 Å². The van der Waals surface area contributed by atoms with Gasteiger partial charge < -0.3 is 25.7 Å². The highest BCUT2D eigenvalue weighted by molar-refractivity contribution is 5.94. The third-order valence-electron chi connectivity index (χ3n) is 6.96. The Hall–Kier alpha value is -3.88. The van der Waals surface area contributed by atoms with Gasteiger partial charge in [0.1, 0.15) is 0 Å². The molecule has 9 heteroatoms. The Balaban J connectivity index is 1.71. The number of hydrogen-bond acceptors (Lipinski definition) is 4. The predicted molar refractivity (Wildman–Crippen MR) is 140 cm³/mol. The van der Waals surface area contributed by atoms with Crippen LogP contribution < -0.4 is 10.6 Å². The van der Waals surface area contributed by atoms with Crippen molar-refractivity contribution in [1.29, 1.82) is 0 Å². The summed E-state index contributed by atoms with van der Waals surface area (Å²) >= 11 is 0. The summed E-state index contributed by atoms with van der Waals surface area (Å²) in [5, 5.41) is 23.3. The number of carboxylic acids is 2. The molecule has 0 saturated heterocycles. The zero-order valence-corrected chi connectivity index (χ0v) is 21.3. The minimum Gasteiger partial charge on any atom is -0.481 e. The van der Waals surface area contributed by atoms with Crippen molar-refractivity contribution in [2.75, 3.05) is 11.9 Å². The number of benzene rings is 2. The molecule has 3 amide bonds. The van der Waals surface area contributed by atoms with Gasteiger partial charge in [-0.1, -0.05) is 26.0 Å². The SMILES string of the molecule is CC(C)C1CCC(N(Cc2ccc(C(=O)NCCC(=O)O)cc2)C(=O)Nc2ccc(C(=O)O)cc2)CC1. The number of amides is 3. The zero-order valence-electron chi connectivity index (χ0n) is 21.3. The van der Waals surface area contributed by atoms with E-state index in [0.717, 1.165) is 31.2 Å². The van der Waals surface area contributed by atoms with E-state index in [0.29, 0.717) is 29.6 Å². The molecule has 37 heavy (non-hydrogen) atoms. The highest BCUT2D eigenvalue weighted by Crippen LogP contribution is 2.33. The van der Waals surface area contributed by atoms with E-state index in [1.807, 2.05) is 4.90 Å². The third kappa shape index (κ3) is 8.06. The van der Waals surface area contributed by atoms with Gasteiger partial charge in [-0.05, 0) is 79.5 Å². The van der Waals surface area contributed by atoms with Gasteiger partial charge in [-0.25, -0.2) is 9.59 Å². The van der Waals surface area contributed by atoms with Crippen LogP contribution in [-0.2, 0) is 11.3 Å². The van der Waals surface area contributed by atoms with Crippen molar-refractivity contribution in [1.82, 2.24) is 10.2 Å². The first-order chi connectivity index (χ1) is 17.6. The third-order valence-corrected chi connectivity index (χ3v) is 6.96. The molecule has 0 radical (unpaired) electrons. The van der Waals surface area contributed by atoms with E-state index in [9.17, 15) is 19.2 Å². The minimum absolute atomic E-state index is 0.0519. The highest BCUT2D eigenvalue weighted by Gasteiger charge is 2.30. The summed E-state index contributed by atoms with van der Waals surface area (Å²) in [6.07, 6.45) is 3.76. The Kier molecular flexibility index (Phi) is 9.65. The van der Waals surface area contributed by atoms with Crippen molar-refractivity contribution in [3.8, 4) is 0 Å². The number of rotatable bonds is 10. The molecule has 0 heterocycles. The fourth-order valence-corrected chi connectivity index (χ4v) is 4.68. The zero-order chi connectivity index (χ0) is 26.9. The van der Waals surface area contributed by atoms with E-state index in [1.54, 1.807) is 36.4 Å². The van der Waals surface area contributed by atoms with Crippen molar-refractivity contribution < 1.29 is 29.4 Å². The molecule has 1 aliphatic carbocycles. The van der Waals surface area contributed by atoms with Gasteiger partial charge in [-0.15, -0.1) is 0 Å². The summed E-state index contributed by atoms with van der Waals surface area (Å²) in [6.45, 7) is 4.87. The number of hydrogen-bond donors (Lipinski definition) is 4. The first kappa shape index (κ1) is 27.7. The Morgan fingerprint density at radius 2 is 1.49 bits per heavy atom. The number of nitrogens with zero attached hydrogens (tertiary/aromatic N) is 1. The topological polar surface area (TPSA) is 136 Å². The van der Waals surface area contributed by atoms with E-state index in [1.165, 1.54) is 12.1 Å². The average Bonchev–Trinajstić information content (AvgIpc) is 2.87. The molecule has 2 aromatic carbocycles. The number of carbonyl (C=O) groups is 4. The van der Waals surface area contributed by atoms with Gasteiger partial charge in [0, 0.05) is 30.4 Å². The number of anilines is 1. The van der Waals surface area contributed by atoms with Crippen LogP contribution in [0.25, 0.3) is 0 Å². The molecule has 1 fully saturated rings. The molecule has 1 aliphatic rings. The number of aliphatic carboxylic acids is 1. The van der Waals surface area contributed by atoms with Crippen molar-refractivity contribution in [3.05, 3.63) is 65.2 Å². The lowest BCUT2D eigenvalue weighted by molar-refractivity contribution is -0.136. The van der Waals surface area contributed by atoms with Crippen molar-refractivity contribution in [3.63, 3.8) is 0 Å². The number of aromatic carboxylic acids is 1. The maximum atomic E-state index is 13.4. The monoisotopic (exact) mass is 509 g/mol. The standard InChI is InChI=1S/C28H35N3O6/c1-18(2)20-9-13-24(14-10-20)31(28(37)30-23-11-7-22(8-12-23)27(35)36)17-19-3-5-21(6-4-19)26(34)29-16-15-25(32)33/h3-8,11-12,18,20,24H,9-10,13-17H2,1-2H3,(H,29,34)(H,30,37)(H,32,33)(H,35,36). The Morgan fingerprint density at radius 3 is 2.03 bits per heavy atom. The first-order valence-electron chi connectivity index (χ1n) is 12.6. The van der Waals surface area contributed by atoms with Crippen LogP contribution in [0.1, 0.15) is 72.2 Å². The largest absolute Gasteiger partial charge is 0.481 e. The van der Waals surface area contributed by atoms with Crippen LogP contribution in [-0.4, -0.2) is 51.6 Å². The number of carbonyl (C=O) groups excluding carboxylic acids is 2. The van der Waals surface area contributed by atoms with Gasteiger partial charge in [0.2, 0.25) is 0 Å². The van der Waals surface area contributed by atoms with Gasteiger partial charge in [0.05, 0.1) is 12.0 Å². The first-order valence-corrected chi connectivity index (χ1v) is 12.6. The highest BCUT2D eigenvalue weighted by atomic mass is 16.4. The second-order valence-electron chi connectivity index (χ2n) is 9.85. The van der Waals surface area contributed by atoms with Crippen LogP contribution in [0.15, 0.2) is 48.5 Å². The van der Waals surface area contributed by atoms with Crippen LogP contribution >= 0.6 is 0 Å². The number of urea groups is 1. The smallest absolute Gasteiger partial charge is 0.335 e. The van der Waals surface area contributed by atoms with Crippen LogP contribution in [0, 0.1) is 11.8 Å². The molecule has 0 bridgehead atoms. The van der Waals surface area contributed by atoms with Crippen LogP contribution in [0.2, 0.25) is 0 Å². The molecular formula is C28H35N3O6. The maximum absolute atomic E-state index is 13.4. The fourth-order valence-electron chi connectivity index (χ4n) is 4.68. The van der Waals surface area contributed by atoms with Crippen molar-refractivity contribution in [2.24, 2.45) is 11.8 Å². The van der Waals surface area contributed by atoms with Gasteiger partial charge in [0.25, 0.3) is 5.91 Å². The van der Waals surface area contributed by atoms with Crippen LogP contribution in [0.3, 0.4) is 0 Å². The molecular weight excluding hydrogens is 474 g/mol. The second kappa shape index (κ2) is 12.9. The van der Waals surface area contributed by atoms with Gasteiger partial charge in [-0.3, -0.25) is 9.59 Å². The quantitative estimate of drug-likeness (QED) is 0.362. The molecule has 0 spiro atoms. The molecule has 4 N–H and O–H groups in total. The van der Waals surface area contributed by atoms with Gasteiger partial charge in [0.15, 0.2) is 0 Å². The summed E-state index contributed by atoms with van der Waals surface area (Å²) in [5.41, 5.74) is 1.95. The molecule has 0 aliphatic heterocycles. The van der Waals surface area contributed by atoms with E-state index in [4.69, 9.17) is 10.2 Å². The summed E-state index contributed by atoms with van der Waals surface area (Å²) in [5.74, 6) is -1.11. The van der Waals surface area contributed by atoms with E-state index in [-0.39, 0.29) is 36.5 Å². The average molecular weight is 510 g/mol. The lowest BCUT2D eigenvalue weighted by Crippen LogP contribution is -2.44. The molecule has 0 atom stereocenters. The fraction of sp³-hybridized carbons (Fsp3) is 0.429. The second-order valence-corrected chi connectivity index (χ2v) is 9.85. The lowest BCUT2D eigenvalue weighted by Gasteiger charge is -2.38. The van der Waals surface area contributed by atoms with E-state index < -0.39 is 11.9 Å². The minimum atomic E-state index is -1.03. The van der Waals surface area contributed by atoms with Crippen molar-refractivity contribution >= 4 is 29.6 Å². The van der Waals surface area contributed by atoms with Crippen LogP contribution in [0.4, 0.5) is 10.5 Å². The van der Waals surface area contributed by atoms with Crippen molar-refractivity contribution in [2.45, 2.75) is 58.5 Å². The molecule has 3 rings (SSSR count). The predicted octanol–water partition coefficient (Wildman–Crippen LogP) is 4.84. The molecule has 9 nitrogen and oxygen atoms in total. The Morgan fingerprint density at radius 1 is 0.892 bits per heavy atom. The molecule has 0 unspecified atom stereocenters. The molecule has 0 aromatic heterocycles. The Labute approximate surface area is 216 Å². The number of nitrogens with one attached hydrogen (secondary N) is 2. The maximum Gasteiger partial charge on any atom is 0.335 e. The summed E-state index contributed by atoms with van der Waals surface area (Å²) in [6, 6.07) is 12.8. The molecule has 198 valence electrons.